The molecule has 0 fully saturated rings. The highest BCUT2D eigenvalue weighted by Gasteiger charge is 2.12. The van der Waals surface area contributed by atoms with Crippen molar-refractivity contribution < 1.29 is 4.85 Å². The Labute approximate surface area is 55.8 Å². The zero-order valence-electron chi connectivity index (χ0n) is 4.94. The minimum atomic E-state index is -0.368. The fraction of sp³-hybridized carbons (Fsp3) is 0. The normalized spacial score (nSPS) is 10.0. The van der Waals surface area contributed by atoms with Gasteiger partial charge in [0.05, 0.1) is 0 Å². The van der Waals surface area contributed by atoms with E-state index in [1.54, 1.807) is 0 Å². The number of hydrogen-bond acceptors (Lipinski definition) is 5. The second-order valence-corrected chi connectivity index (χ2v) is 1.73. The summed E-state index contributed by atoms with van der Waals surface area (Å²) >= 11 is 0. The summed E-state index contributed by atoms with van der Waals surface area (Å²) in [6, 6.07) is 0. The Hall–Kier alpha value is -1.79. The maximum absolute atomic E-state index is 10.5. The van der Waals surface area contributed by atoms with Crippen LogP contribution in [0.3, 0.4) is 0 Å². The first-order valence-corrected chi connectivity index (χ1v) is 2.38. The van der Waals surface area contributed by atoms with Gasteiger partial charge in [-0.2, -0.15) is 4.85 Å². The molecule has 0 atom stereocenters. The van der Waals surface area contributed by atoms with Gasteiger partial charge in [0.15, 0.2) is 11.5 Å². The molecule has 0 aliphatic rings. The van der Waals surface area contributed by atoms with Gasteiger partial charge < -0.3 is 21.9 Å². The van der Waals surface area contributed by atoms with Crippen LogP contribution in [0.5, 0.6) is 0 Å². The molecule has 0 aromatic carbocycles. The van der Waals surface area contributed by atoms with Crippen LogP contribution in [0.4, 0.5) is 17.3 Å². The van der Waals surface area contributed by atoms with Crippen LogP contribution in [-0.4, -0.2) is 4.85 Å². The van der Waals surface area contributed by atoms with Crippen molar-refractivity contribution >= 4 is 17.3 Å². The highest BCUT2D eigenvalue weighted by atomic mass is 16.6. The summed E-state index contributed by atoms with van der Waals surface area (Å²) < 4.78 is 0. The van der Waals surface area contributed by atoms with Crippen LogP contribution in [0.25, 0.3) is 0 Å². The Morgan fingerprint density at radius 1 is 1.30 bits per heavy atom. The summed E-state index contributed by atoms with van der Waals surface area (Å²) in [4.78, 5) is -0.241. The van der Waals surface area contributed by atoms with Crippen molar-refractivity contribution in [2.75, 3.05) is 17.2 Å². The molecule has 10 heavy (non-hydrogen) atoms. The fourth-order valence-electron chi connectivity index (χ4n) is 0.533. The quantitative estimate of drug-likeness (QED) is 0.292. The van der Waals surface area contributed by atoms with Crippen LogP contribution in [-0.2, 0) is 0 Å². The summed E-state index contributed by atoms with van der Waals surface area (Å²) in [7, 11) is 0. The van der Waals surface area contributed by atoms with E-state index in [1.165, 1.54) is 0 Å². The minimum Gasteiger partial charge on any atom is -0.774 e. The fourth-order valence-corrected chi connectivity index (χ4v) is 0.533. The molecule has 0 spiro atoms. The molecule has 0 aliphatic heterocycles. The molecule has 7 nitrogen and oxygen atoms in total. The van der Waals surface area contributed by atoms with Gasteiger partial charge in [-0.3, -0.25) is 5.73 Å². The summed E-state index contributed by atoms with van der Waals surface area (Å²) in [5.41, 5.74) is 15.0. The lowest BCUT2D eigenvalue weighted by Crippen LogP contribution is -2.37. The standard InChI is InChI=1S/C3H6N5O2/c4-1-2(5)7(9)8(10)3(1)6/h4-6H2/q-1. The molecular weight excluding hydrogens is 138 g/mol. The first kappa shape index (κ1) is 6.33. The van der Waals surface area contributed by atoms with E-state index >= 15 is 0 Å². The van der Waals surface area contributed by atoms with E-state index < -0.39 is 0 Å². The number of anilines is 3. The lowest BCUT2D eigenvalue weighted by molar-refractivity contribution is -0.669. The van der Waals surface area contributed by atoms with E-state index in [4.69, 9.17) is 17.2 Å². The molecule has 0 aliphatic carbocycles. The Balaban J connectivity index is 3.44. The highest BCUT2D eigenvalue weighted by Crippen LogP contribution is 2.17. The van der Waals surface area contributed by atoms with Gasteiger partial charge in [0, 0.05) is 0 Å². The predicted octanol–water partition coefficient (Wildman–Crippen LogP) is -1.79. The Kier molecular flexibility index (Phi) is 1.01. The number of hydrogen-bond donors (Lipinski definition) is 3. The van der Waals surface area contributed by atoms with Crippen molar-refractivity contribution in [1.29, 1.82) is 0 Å². The molecule has 7 heteroatoms. The molecule has 0 bridgehead atoms. The molecule has 0 unspecified atom stereocenters. The third kappa shape index (κ3) is 0.508. The van der Waals surface area contributed by atoms with E-state index in [9.17, 15) is 10.4 Å². The topological polar surface area (TPSA) is 133 Å². The third-order valence-corrected chi connectivity index (χ3v) is 1.13. The first-order chi connectivity index (χ1) is 4.55. The smallest absolute Gasteiger partial charge is 0.322 e. The monoisotopic (exact) mass is 144 g/mol. The van der Waals surface area contributed by atoms with Gasteiger partial charge >= 0.3 is 5.82 Å². The van der Waals surface area contributed by atoms with E-state index in [-0.39, 0.29) is 27.0 Å². The van der Waals surface area contributed by atoms with Crippen LogP contribution in [0.2, 0.25) is 0 Å². The number of aromatic nitrogens is 2. The van der Waals surface area contributed by atoms with Gasteiger partial charge in [0.25, 0.3) is 0 Å². The number of nitrogens with two attached hydrogens (primary N) is 3. The van der Waals surface area contributed by atoms with E-state index in [0.717, 1.165) is 0 Å². The van der Waals surface area contributed by atoms with Gasteiger partial charge in [-0.1, -0.05) is 0 Å². The number of nitrogen functional groups attached to an aromatic ring is 3. The lowest BCUT2D eigenvalue weighted by atomic mass is 10.5. The molecule has 6 N–H and O–H groups in total. The van der Waals surface area contributed by atoms with Crippen molar-refractivity contribution in [3.8, 4) is 0 Å². The Morgan fingerprint density at radius 3 is 1.90 bits per heavy atom. The Morgan fingerprint density at radius 2 is 1.80 bits per heavy atom. The lowest BCUT2D eigenvalue weighted by Gasteiger charge is -2.11. The van der Waals surface area contributed by atoms with Gasteiger partial charge in [0.1, 0.15) is 0 Å². The molecule has 0 amide bonds. The van der Waals surface area contributed by atoms with E-state index in [2.05, 4.69) is 0 Å². The van der Waals surface area contributed by atoms with Crippen LogP contribution in [0.1, 0.15) is 0 Å². The maximum Gasteiger partial charge on any atom is 0.322 e. The molecule has 0 saturated carbocycles. The third-order valence-electron chi connectivity index (χ3n) is 1.13. The van der Waals surface area contributed by atoms with E-state index in [0.29, 0.717) is 0 Å². The van der Waals surface area contributed by atoms with Crippen molar-refractivity contribution in [3.05, 3.63) is 10.4 Å². The summed E-state index contributed by atoms with van der Waals surface area (Å²) in [6.07, 6.45) is 0. The zero-order chi connectivity index (χ0) is 7.89. The van der Waals surface area contributed by atoms with Gasteiger partial charge in [0.2, 0.25) is 0 Å². The zero-order valence-corrected chi connectivity index (χ0v) is 4.94. The highest BCUT2D eigenvalue weighted by molar-refractivity contribution is 5.69. The largest absolute Gasteiger partial charge is 0.774 e. The van der Waals surface area contributed by atoms with Gasteiger partial charge in [-0.05, 0) is 0 Å². The molecule has 56 valence electrons. The minimum absolute atomic E-state index is 0.120. The molecule has 0 saturated heterocycles. The van der Waals surface area contributed by atoms with Crippen LogP contribution < -0.4 is 22.0 Å². The van der Waals surface area contributed by atoms with Crippen LogP contribution >= 0.6 is 0 Å². The first-order valence-electron chi connectivity index (χ1n) is 2.38. The summed E-state index contributed by atoms with van der Waals surface area (Å²) in [6.45, 7) is 0. The average molecular weight is 144 g/mol. The molecule has 1 heterocycles. The van der Waals surface area contributed by atoms with Crippen molar-refractivity contribution in [2.45, 2.75) is 0 Å². The summed E-state index contributed by atoms with van der Waals surface area (Å²) in [5.74, 6) is -0.736. The van der Waals surface area contributed by atoms with Crippen molar-refractivity contribution in [3.63, 3.8) is 0 Å². The predicted molar refractivity (Wildman–Crippen MR) is 35.4 cm³/mol. The van der Waals surface area contributed by atoms with Gasteiger partial charge in [-0.25, -0.2) is 4.85 Å². The average Bonchev–Trinajstić information content (AvgIpc) is 2.07. The molecule has 1 aromatic heterocycles. The molecular formula is C3H6N5O2-. The summed E-state index contributed by atoms with van der Waals surface area (Å²) in [5, 5.41) is 21.0. The van der Waals surface area contributed by atoms with Gasteiger partial charge in [-0.15, -0.1) is 0 Å². The number of nitrogens with zero attached hydrogens (tertiary/aromatic N) is 2. The second-order valence-electron chi connectivity index (χ2n) is 1.73. The molecule has 1 rings (SSSR count). The van der Waals surface area contributed by atoms with Crippen molar-refractivity contribution in [1.82, 2.24) is 4.85 Å². The SMILES string of the molecule is Nc1c(N)n([O-])[n+]([O-])c1N. The van der Waals surface area contributed by atoms with E-state index in [1.807, 2.05) is 0 Å². The second kappa shape index (κ2) is 1.59. The molecule has 0 radical (unpaired) electrons. The maximum atomic E-state index is 10.5. The van der Waals surface area contributed by atoms with Crippen molar-refractivity contribution in [2.24, 2.45) is 0 Å². The molecule has 1 aromatic rings. The Bertz CT molecular complexity index is 186. The van der Waals surface area contributed by atoms with Crippen LogP contribution in [0.15, 0.2) is 0 Å². The number of rotatable bonds is 0. The van der Waals surface area contributed by atoms with Crippen LogP contribution in [0, 0.1) is 10.4 Å².